The quantitative estimate of drug-likeness (QED) is 0.420. The van der Waals surface area contributed by atoms with E-state index >= 15 is 0 Å². The van der Waals surface area contributed by atoms with Crippen LogP contribution in [0.2, 0.25) is 0 Å². The van der Waals surface area contributed by atoms with Crippen LogP contribution in [0.25, 0.3) is 0 Å². The van der Waals surface area contributed by atoms with Gasteiger partial charge in [-0.15, -0.1) is 0 Å². The normalized spacial score (nSPS) is 21.3. The van der Waals surface area contributed by atoms with Crippen molar-refractivity contribution in [1.29, 1.82) is 0 Å². The van der Waals surface area contributed by atoms with E-state index in [0.717, 1.165) is 34.0 Å². The number of benzene rings is 1. The highest BCUT2D eigenvalue weighted by Gasteiger charge is 2.31. The molecule has 1 aliphatic rings. The number of hydrogen-bond donors (Lipinski definition) is 0. The number of fused-ring (bicyclic) bond motifs is 1. The van der Waals surface area contributed by atoms with Gasteiger partial charge in [-0.2, -0.15) is 0 Å². The van der Waals surface area contributed by atoms with Crippen LogP contribution in [-0.4, -0.2) is 6.03 Å². The Balaban J connectivity index is 2.73. The van der Waals surface area contributed by atoms with E-state index in [1.165, 1.54) is 0 Å². The summed E-state index contributed by atoms with van der Waals surface area (Å²) in [5.74, 6) is 1.48. The van der Waals surface area contributed by atoms with Gasteiger partial charge in [0.2, 0.25) is 6.03 Å². The molecular formula is C23H31O3P. The van der Waals surface area contributed by atoms with Crippen molar-refractivity contribution in [3.63, 3.8) is 0 Å². The fraction of sp³-hybridized carbons (Fsp3) is 0.435. The Labute approximate surface area is 165 Å². The third-order valence-electron chi connectivity index (χ3n) is 4.61. The van der Waals surface area contributed by atoms with Crippen molar-refractivity contribution in [3.05, 3.63) is 65.0 Å². The number of para-hydroxylation sites is 1. The summed E-state index contributed by atoms with van der Waals surface area (Å²) in [7, 11) is -1.75. The Bertz CT molecular complexity index is 789. The second-order valence-electron chi connectivity index (χ2n) is 8.80. The zero-order valence-electron chi connectivity index (χ0n) is 17.6. The van der Waals surface area contributed by atoms with Crippen LogP contribution in [0.1, 0.15) is 59.6 Å². The SMILES string of the molecule is C=C/C1=C(\C(=C/C)C(C)(C)C)OP(C=O)Oc2c(cccc2C(C)(C)C)C1. The maximum absolute atomic E-state index is 11.8. The van der Waals surface area contributed by atoms with Crippen LogP contribution in [0, 0.1) is 5.41 Å². The molecule has 0 spiro atoms. The summed E-state index contributed by atoms with van der Waals surface area (Å²) in [6, 6.07) is 6.95. The summed E-state index contributed by atoms with van der Waals surface area (Å²) in [4.78, 5) is 11.8. The van der Waals surface area contributed by atoms with Crippen molar-refractivity contribution in [3.8, 4) is 5.75 Å². The molecule has 1 heterocycles. The molecule has 1 aromatic carbocycles. The summed E-state index contributed by atoms with van der Waals surface area (Å²) >= 11 is 0. The minimum atomic E-state index is -1.75. The highest BCUT2D eigenvalue weighted by Crippen LogP contribution is 2.50. The molecule has 0 radical (unpaired) electrons. The molecular weight excluding hydrogens is 355 g/mol. The molecule has 0 bridgehead atoms. The number of rotatable bonds is 3. The number of carbonyl (C=O) groups is 1. The molecule has 1 unspecified atom stereocenters. The molecule has 0 amide bonds. The second kappa shape index (κ2) is 8.02. The zero-order chi connectivity index (χ0) is 20.4. The molecule has 1 atom stereocenters. The summed E-state index contributed by atoms with van der Waals surface area (Å²) in [5.41, 5.74) is 3.92. The van der Waals surface area contributed by atoms with Crippen molar-refractivity contribution in [2.75, 3.05) is 0 Å². The largest absolute Gasteiger partial charge is 0.433 e. The molecule has 0 saturated heterocycles. The maximum atomic E-state index is 11.8. The van der Waals surface area contributed by atoms with Crippen LogP contribution in [0.5, 0.6) is 5.75 Å². The van der Waals surface area contributed by atoms with Gasteiger partial charge in [-0.05, 0) is 34.5 Å². The van der Waals surface area contributed by atoms with Crippen LogP contribution >= 0.6 is 8.38 Å². The van der Waals surface area contributed by atoms with Crippen molar-refractivity contribution in [2.45, 2.75) is 60.3 Å². The third kappa shape index (κ3) is 4.71. The van der Waals surface area contributed by atoms with Gasteiger partial charge in [-0.3, -0.25) is 4.79 Å². The lowest BCUT2D eigenvalue weighted by Crippen LogP contribution is -2.18. The van der Waals surface area contributed by atoms with Gasteiger partial charge in [0.25, 0.3) is 0 Å². The van der Waals surface area contributed by atoms with E-state index in [4.69, 9.17) is 9.05 Å². The van der Waals surface area contributed by atoms with Gasteiger partial charge < -0.3 is 9.05 Å². The fourth-order valence-corrected chi connectivity index (χ4v) is 4.21. The number of hydrogen-bond acceptors (Lipinski definition) is 3. The molecule has 0 N–H and O–H groups in total. The second-order valence-corrected chi connectivity index (χ2v) is 9.95. The van der Waals surface area contributed by atoms with Crippen LogP contribution in [0.15, 0.2) is 53.8 Å². The van der Waals surface area contributed by atoms with E-state index in [1.807, 2.05) is 19.1 Å². The Morgan fingerprint density at radius 3 is 2.30 bits per heavy atom. The minimum absolute atomic E-state index is 0.102. The Morgan fingerprint density at radius 1 is 1.15 bits per heavy atom. The van der Waals surface area contributed by atoms with Gasteiger partial charge in [-0.1, -0.05) is 78.5 Å². The van der Waals surface area contributed by atoms with Gasteiger partial charge >= 0.3 is 8.38 Å². The van der Waals surface area contributed by atoms with Crippen molar-refractivity contribution in [2.24, 2.45) is 5.41 Å². The zero-order valence-corrected chi connectivity index (χ0v) is 18.4. The predicted molar refractivity (Wildman–Crippen MR) is 115 cm³/mol. The molecule has 146 valence electrons. The summed E-state index contributed by atoms with van der Waals surface area (Å²) in [6.07, 6.45) is 4.53. The molecule has 2 rings (SSSR count). The lowest BCUT2D eigenvalue weighted by Gasteiger charge is -2.32. The standard InChI is InChI=1S/C23H31O3P/c1-9-16-14-17-12-11-13-19(23(6,7)8)21(17)26-27(15-24)25-20(16)18(10-2)22(3,4)5/h9-13,15H,1,14H2,2-8H3/b18-10+,20-16-. The molecule has 4 heteroatoms. The van der Waals surface area contributed by atoms with E-state index in [2.05, 4.69) is 66.3 Å². The maximum Gasteiger partial charge on any atom is 0.361 e. The predicted octanol–water partition coefficient (Wildman–Crippen LogP) is 6.87. The van der Waals surface area contributed by atoms with Crippen molar-refractivity contribution < 1.29 is 13.8 Å². The van der Waals surface area contributed by atoms with E-state index in [9.17, 15) is 4.79 Å². The molecule has 1 aliphatic heterocycles. The summed E-state index contributed by atoms with van der Waals surface area (Å²) in [5, 5.41) is 0. The van der Waals surface area contributed by atoms with Crippen LogP contribution in [-0.2, 0) is 21.2 Å². The lowest BCUT2D eigenvalue weighted by atomic mass is 9.82. The van der Waals surface area contributed by atoms with E-state index in [1.54, 1.807) is 0 Å². The first kappa shape index (κ1) is 21.4. The Hall–Kier alpha value is -1.86. The van der Waals surface area contributed by atoms with Gasteiger partial charge in [-0.25, -0.2) is 0 Å². The topological polar surface area (TPSA) is 35.5 Å². The molecule has 0 aromatic heterocycles. The molecule has 27 heavy (non-hydrogen) atoms. The van der Waals surface area contributed by atoms with Gasteiger partial charge in [0, 0.05) is 12.0 Å². The first-order valence-electron chi connectivity index (χ1n) is 9.28. The van der Waals surface area contributed by atoms with Gasteiger partial charge in [0.15, 0.2) is 0 Å². The monoisotopic (exact) mass is 386 g/mol. The van der Waals surface area contributed by atoms with E-state index < -0.39 is 8.38 Å². The van der Waals surface area contributed by atoms with Crippen molar-refractivity contribution >= 4 is 14.4 Å². The number of carbonyl (C=O) groups excluding carboxylic acids is 1. The average molecular weight is 386 g/mol. The summed E-state index contributed by atoms with van der Waals surface area (Å²) in [6.45, 7) is 18.8. The number of allylic oxidation sites excluding steroid dienone is 4. The van der Waals surface area contributed by atoms with Crippen LogP contribution in [0.4, 0.5) is 0 Å². The summed E-state index contributed by atoms with van der Waals surface area (Å²) < 4.78 is 12.3. The first-order chi connectivity index (χ1) is 12.5. The third-order valence-corrected chi connectivity index (χ3v) is 5.51. The molecule has 3 nitrogen and oxygen atoms in total. The van der Waals surface area contributed by atoms with Crippen LogP contribution < -0.4 is 4.52 Å². The average Bonchev–Trinajstić information content (AvgIpc) is 2.55. The molecule has 1 aromatic rings. The smallest absolute Gasteiger partial charge is 0.361 e. The van der Waals surface area contributed by atoms with Crippen LogP contribution in [0.3, 0.4) is 0 Å². The highest BCUT2D eigenvalue weighted by atomic mass is 31.2. The Morgan fingerprint density at radius 2 is 1.81 bits per heavy atom. The van der Waals surface area contributed by atoms with E-state index in [0.29, 0.717) is 12.2 Å². The van der Waals surface area contributed by atoms with Crippen molar-refractivity contribution in [1.82, 2.24) is 0 Å². The Kier molecular flexibility index (Phi) is 6.37. The highest BCUT2D eigenvalue weighted by molar-refractivity contribution is 7.63. The molecule has 0 fully saturated rings. The van der Waals surface area contributed by atoms with Gasteiger partial charge in [0.1, 0.15) is 11.5 Å². The molecule has 0 aliphatic carbocycles. The minimum Gasteiger partial charge on any atom is -0.433 e. The molecule has 0 saturated carbocycles. The van der Waals surface area contributed by atoms with Gasteiger partial charge in [0.05, 0.1) is 0 Å². The fourth-order valence-electron chi connectivity index (χ4n) is 3.30. The first-order valence-corrected chi connectivity index (χ1v) is 10.5. The lowest BCUT2D eigenvalue weighted by molar-refractivity contribution is 0.374. The van der Waals surface area contributed by atoms with E-state index in [-0.39, 0.29) is 10.8 Å².